The van der Waals surface area contributed by atoms with Gasteiger partial charge in [-0.3, -0.25) is 19.2 Å². The molecule has 0 unspecified atom stereocenters. The Morgan fingerprint density at radius 1 is 1.02 bits per heavy atom. The molecule has 11 nitrogen and oxygen atoms in total. The van der Waals surface area contributed by atoms with Crippen molar-refractivity contribution in [3.05, 3.63) is 70.0 Å². The Hall–Kier alpha value is -4.63. The molecule has 2 aromatic heterocycles. The number of carbonyl (C=O) groups is 2. The maximum Gasteiger partial charge on any atom is 0.435 e. The van der Waals surface area contributed by atoms with Crippen LogP contribution in [-0.2, 0) is 29.8 Å². The summed E-state index contributed by atoms with van der Waals surface area (Å²) in [6.45, 7) is 6.81. The third-order valence-corrected chi connectivity index (χ3v) is 14.0. The van der Waals surface area contributed by atoms with Crippen LogP contribution >= 0.6 is 0 Å². The highest BCUT2D eigenvalue weighted by Crippen LogP contribution is 2.49. The highest BCUT2D eigenvalue weighted by molar-refractivity contribution is 7.90. The number of aromatic nitrogens is 3. The number of allylic oxidation sites excluding steroid dienone is 1. The molecule has 0 radical (unpaired) electrons. The van der Waals surface area contributed by atoms with Gasteiger partial charge in [0.2, 0.25) is 10.0 Å². The molecule has 2 aromatic carbocycles. The van der Waals surface area contributed by atoms with Crippen molar-refractivity contribution >= 4 is 44.4 Å². The summed E-state index contributed by atoms with van der Waals surface area (Å²) in [5.41, 5.74) is 3.02. The Kier molecular flexibility index (Phi) is 9.62. The van der Waals surface area contributed by atoms with Gasteiger partial charge in [-0.25, -0.2) is 13.1 Å². The van der Waals surface area contributed by atoms with E-state index < -0.39 is 44.5 Å². The lowest BCUT2D eigenvalue weighted by molar-refractivity contribution is -0.141. The quantitative estimate of drug-likeness (QED) is 0.203. The number of hydrogen-bond donors (Lipinski definition) is 1. The highest BCUT2D eigenvalue weighted by Gasteiger charge is 2.49. The van der Waals surface area contributed by atoms with Crippen molar-refractivity contribution in [1.82, 2.24) is 28.9 Å². The maximum absolute atomic E-state index is 14.9. The minimum atomic E-state index is -4.90. The van der Waals surface area contributed by atoms with Crippen LogP contribution in [0.3, 0.4) is 0 Å². The van der Waals surface area contributed by atoms with Crippen molar-refractivity contribution in [1.29, 1.82) is 0 Å². The van der Waals surface area contributed by atoms with E-state index in [9.17, 15) is 31.2 Å². The number of piperazine rings is 1. The summed E-state index contributed by atoms with van der Waals surface area (Å²) in [5.74, 6) is -0.746. The van der Waals surface area contributed by atoms with Crippen molar-refractivity contribution in [3.8, 4) is 17.0 Å². The number of alkyl halides is 3. The predicted molar refractivity (Wildman–Crippen MR) is 208 cm³/mol. The van der Waals surface area contributed by atoms with Gasteiger partial charge < -0.3 is 14.2 Å². The van der Waals surface area contributed by atoms with Crippen LogP contribution in [0, 0.1) is 0 Å². The van der Waals surface area contributed by atoms with Crippen LogP contribution in [0.5, 0.6) is 5.75 Å². The third-order valence-electron chi connectivity index (χ3n) is 12.3. The number of ether oxygens (including phenoxy) is 1. The first kappa shape index (κ1) is 38.3. The summed E-state index contributed by atoms with van der Waals surface area (Å²) >= 11 is 0. The van der Waals surface area contributed by atoms with Gasteiger partial charge in [-0.1, -0.05) is 32.3 Å². The Morgan fingerprint density at radius 3 is 2.41 bits per heavy atom. The third kappa shape index (κ3) is 6.40. The van der Waals surface area contributed by atoms with Gasteiger partial charge in [-0.2, -0.15) is 18.3 Å². The van der Waals surface area contributed by atoms with E-state index in [1.165, 1.54) is 25.6 Å². The Morgan fingerprint density at radius 2 is 1.77 bits per heavy atom. The van der Waals surface area contributed by atoms with E-state index in [4.69, 9.17) is 4.74 Å². The van der Waals surface area contributed by atoms with Crippen LogP contribution in [0.4, 0.5) is 13.2 Å². The van der Waals surface area contributed by atoms with Crippen molar-refractivity contribution in [2.75, 3.05) is 26.7 Å². The molecule has 2 bridgehead atoms. The first-order chi connectivity index (χ1) is 26.6. The average molecular weight is 793 g/mol. The van der Waals surface area contributed by atoms with Crippen molar-refractivity contribution in [2.45, 2.75) is 95.3 Å². The predicted octanol–water partition coefficient (Wildman–Crippen LogP) is 7.06. The molecule has 8 rings (SSSR count). The number of nitrogens with zero attached hydrogens (tertiary/aromatic N) is 5. The molecule has 56 heavy (non-hydrogen) atoms. The number of likely N-dealkylation sites (N-methyl/N-ethyl adjacent to an activating group) is 1. The number of halogens is 3. The molecular formula is C41H47F3N6O5S. The lowest BCUT2D eigenvalue weighted by Crippen LogP contribution is -2.49. The molecule has 298 valence electrons. The van der Waals surface area contributed by atoms with E-state index in [0.717, 1.165) is 60.9 Å². The van der Waals surface area contributed by atoms with Gasteiger partial charge in [0, 0.05) is 54.3 Å². The molecular weight excluding hydrogens is 746 g/mol. The highest BCUT2D eigenvalue weighted by atomic mass is 32.2. The monoisotopic (exact) mass is 792 g/mol. The Balaban J connectivity index is 1.35. The number of benzene rings is 2. The molecule has 1 saturated carbocycles. The molecule has 4 aromatic rings. The van der Waals surface area contributed by atoms with Crippen LogP contribution in [0.25, 0.3) is 33.8 Å². The van der Waals surface area contributed by atoms with Gasteiger partial charge in [-0.05, 0) is 98.7 Å². The number of carbonyl (C=O) groups excluding carboxylic acids is 2. The largest absolute Gasteiger partial charge is 0.497 e. The molecule has 1 N–H and O–H groups in total. The lowest BCUT2D eigenvalue weighted by Gasteiger charge is -2.33. The van der Waals surface area contributed by atoms with E-state index in [1.807, 2.05) is 41.8 Å². The topological polar surface area (TPSA) is 119 Å². The molecule has 2 atom stereocenters. The zero-order valence-corrected chi connectivity index (χ0v) is 33.1. The number of likely N-dealkylation sites (tertiary alicyclic amines) is 2. The lowest BCUT2D eigenvalue weighted by atomic mass is 9.81. The second-order valence-electron chi connectivity index (χ2n) is 15.8. The number of methoxy groups -OCH3 is 1. The van der Waals surface area contributed by atoms with Crippen molar-refractivity contribution < 1.29 is 35.9 Å². The summed E-state index contributed by atoms with van der Waals surface area (Å²) in [5, 5.41) is 4.04. The number of nitrogens with one attached hydrogen (secondary N) is 1. The van der Waals surface area contributed by atoms with Crippen LogP contribution in [0.15, 0.2) is 36.4 Å². The standard InChI is InChI=1S/C41H47F3N6O5S/c1-6-48-21-29-19-28(48)22-49(29)40(52)35-36(47(4)45-38(35)41(42,43)44)27-16-26-17-30(55-5)13-15-31(26)37-34(24-10-8-7-9-11-24)32-14-12-25(18-33(32)50(37)20-27)39(51)46-56(53,54)23(2)3/h12-18,23-24,28-29H,6-11,19-22H2,1-5H3,(H,46,51)/t28-,29-/m1/s1. The molecule has 1 aliphatic carbocycles. The van der Waals surface area contributed by atoms with E-state index >= 15 is 0 Å². The minimum Gasteiger partial charge on any atom is -0.497 e. The van der Waals surface area contributed by atoms with Crippen LogP contribution in [0.1, 0.15) is 108 Å². The van der Waals surface area contributed by atoms with Gasteiger partial charge in [0.05, 0.1) is 35.9 Å². The number of rotatable bonds is 8. The molecule has 0 spiro atoms. The number of amides is 2. The summed E-state index contributed by atoms with van der Waals surface area (Å²) in [6, 6.07) is 10.7. The first-order valence-corrected chi connectivity index (χ1v) is 21.0. The smallest absolute Gasteiger partial charge is 0.435 e. The first-order valence-electron chi connectivity index (χ1n) is 19.4. The van der Waals surface area contributed by atoms with Crippen LogP contribution < -0.4 is 9.46 Å². The number of sulfonamides is 1. The van der Waals surface area contributed by atoms with E-state index in [-0.39, 0.29) is 35.8 Å². The molecule has 2 saturated heterocycles. The van der Waals surface area contributed by atoms with E-state index in [1.54, 1.807) is 24.1 Å². The molecule has 15 heteroatoms. The van der Waals surface area contributed by atoms with E-state index in [2.05, 4.69) is 14.7 Å². The fraction of sp³-hybridized carbons (Fsp3) is 0.488. The van der Waals surface area contributed by atoms with Crippen molar-refractivity contribution in [3.63, 3.8) is 0 Å². The summed E-state index contributed by atoms with van der Waals surface area (Å²) in [6.07, 6.45) is 2.72. The van der Waals surface area contributed by atoms with Crippen LogP contribution in [-0.4, -0.2) is 88.5 Å². The molecule has 3 aliphatic heterocycles. The molecule has 5 heterocycles. The van der Waals surface area contributed by atoms with Gasteiger partial charge in [0.15, 0.2) is 5.69 Å². The molecule has 4 aliphatic rings. The normalized spacial score (nSPS) is 20.3. The number of hydrogen-bond acceptors (Lipinski definition) is 7. The van der Waals surface area contributed by atoms with Gasteiger partial charge in [0.1, 0.15) is 5.75 Å². The van der Waals surface area contributed by atoms with E-state index in [0.29, 0.717) is 41.9 Å². The Bertz CT molecular complexity index is 2390. The Labute approximate surface area is 324 Å². The average Bonchev–Trinajstić information content (AvgIpc) is 3.92. The second kappa shape index (κ2) is 14.1. The maximum atomic E-state index is 14.9. The second-order valence-corrected chi connectivity index (χ2v) is 18.1. The summed E-state index contributed by atoms with van der Waals surface area (Å²) < 4.78 is 81.3. The molecule has 3 fully saturated rings. The van der Waals surface area contributed by atoms with Gasteiger partial charge >= 0.3 is 6.18 Å². The SMILES string of the molecule is CCN1C[C@H]2C[C@@H]1CN2C(=O)c1c(C(F)(F)F)nn(C)c1C1=Cc2cc(OC)ccc2-c2c(C3CCCCC3)c3ccc(C(=O)NS(=O)(=O)C(C)C)cc3n2C1. The van der Waals surface area contributed by atoms with Crippen molar-refractivity contribution in [2.24, 2.45) is 7.05 Å². The van der Waals surface area contributed by atoms with Gasteiger partial charge in [-0.15, -0.1) is 0 Å². The van der Waals surface area contributed by atoms with Gasteiger partial charge in [0.25, 0.3) is 11.8 Å². The zero-order chi connectivity index (χ0) is 39.8. The molecule has 2 amide bonds. The fourth-order valence-corrected chi connectivity index (χ4v) is 10.1. The summed E-state index contributed by atoms with van der Waals surface area (Å²) in [4.78, 5) is 31.9. The number of aryl methyl sites for hydroxylation is 1. The fourth-order valence-electron chi connectivity index (χ4n) is 9.45. The minimum absolute atomic E-state index is 0.0394. The van der Waals surface area contributed by atoms with Crippen LogP contribution in [0.2, 0.25) is 0 Å². The number of fused-ring (bicyclic) bond motifs is 7. The summed E-state index contributed by atoms with van der Waals surface area (Å²) in [7, 11) is -0.945. The zero-order valence-electron chi connectivity index (χ0n) is 32.2.